The Labute approximate surface area is 123 Å². The van der Waals surface area contributed by atoms with Gasteiger partial charge >= 0.3 is 6.03 Å². The number of barbiturate groups is 1. The van der Waals surface area contributed by atoms with Crippen molar-refractivity contribution < 1.29 is 19.1 Å². The zero-order valence-corrected chi connectivity index (χ0v) is 12.1. The van der Waals surface area contributed by atoms with Crippen LogP contribution in [0, 0.1) is 5.92 Å². The number of carbonyl (C=O) groups excluding carboxylic acids is 3. The lowest BCUT2D eigenvalue weighted by atomic mass is 9.99. The molecule has 112 valence electrons. The molecule has 0 saturated carbocycles. The number of anilines is 1. The van der Waals surface area contributed by atoms with E-state index in [0.29, 0.717) is 30.9 Å². The van der Waals surface area contributed by atoms with Crippen molar-refractivity contribution in [3.05, 3.63) is 24.3 Å². The molecule has 1 fully saturated rings. The number of hydrogen-bond donors (Lipinski definition) is 1. The van der Waals surface area contributed by atoms with Gasteiger partial charge in [0.2, 0.25) is 11.8 Å². The van der Waals surface area contributed by atoms with Gasteiger partial charge in [0.15, 0.2) is 0 Å². The third-order valence-corrected chi connectivity index (χ3v) is 3.25. The quantitative estimate of drug-likeness (QED) is 0.842. The minimum absolute atomic E-state index is 0.422. The van der Waals surface area contributed by atoms with Gasteiger partial charge in [0.25, 0.3) is 0 Å². The van der Waals surface area contributed by atoms with Crippen molar-refractivity contribution in [3.63, 3.8) is 0 Å². The van der Waals surface area contributed by atoms with E-state index < -0.39 is 23.8 Å². The molecular formula is C15H18N2O4. The van der Waals surface area contributed by atoms with Gasteiger partial charge < -0.3 is 4.74 Å². The molecule has 0 spiro atoms. The number of hydrogen-bond acceptors (Lipinski definition) is 4. The van der Waals surface area contributed by atoms with Crippen molar-refractivity contribution in [1.82, 2.24) is 5.32 Å². The second-order valence-corrected chi connectivity index (χ2v) is 4.74. The summed E-state index contributed by atoms with van der Waals surface area (Å²) in [6, 6.07) is 5.92. The highest BCUT2D eigenvalue weighted by Crippen LogP contribution is 2.25. The number of nitrogens with zero attached hydrogens (tertiary/aromatic N) is 1. The molecule has 6 nitrogen and oxygen atoms in total. The Kier molecular flexibility index (Phi) is 4.57. The summed E-state index contributed by atoms with van der Waals surface area (Å²) < 4.78 is 5.32. The Morgan fingerprint density at radius 1 is 1.14 bits per heavy atom. The summed E-state index contributed by atoms with van der Waals surface area (Å²) in [5.74, 6) is -1.14. The summed E-state index contributed by atoms with van der Waals surface area (Å²) in [4.78, 5) is 37.0. The molecule has 1 saturated heterocycles. The van der Waals surface area contributed by atoms with Crippen LogP contribution in [0.25, 0.3) is 0 Å². The molecule has 1 unspecified atom stereocenters. The van der Waals surface area contributed by atoms with Crippen molar-refractivity contribution in [1.29, 1.82) is 0 Å². The van der Waals surface area contributed by atoms with Crippen LogP contribution in [-0.4, -0.2) is 24.5 Å². The van der Waals surface area contributed by atoms with Crippen molar-refractivity contribution in [2.45, 2.75) is 26.7 Å². The zero-order valence-electron chi connectivity index (χ0n) is 12.1. The predicted molar refractivity (Wildman–Crippen MR) is 77.0 cm³/mol. The first kappa shape index (κ1) is 15.0. The highest BCUT2D eigenvalue weighted by Gasteiger charge is 2.40. The van der Waals surface area contributed by atoms with E-state index in [1.165, 1.54) is 0 Å². The molecule has 1 aliphatic rings. The fraction of sp³-hybridized carbons (Fsp3) is 0.400. The maximum atomic E-state index is 12.4. The molecule has 1 heterocycles. The number of ether oxygens (including phenoxy) is 1. The molecule has 6 heteroatoms. The maximum Gasteiger partial charge on any atom is 0.335 e. The van der Waals surface area contributed by atoms with E-state index in [1.54, 1.807) is 24.3 Å². The van der Waals surface area contributed by atoms with Crippen LogP contribution in [-0.2, 0) is 9.59 Å². The highest BCUT2D eigenvalue weighted by atomic mass is 16.5. The maximum absolute atomic E-state index is 12.4. The summed E-state index contributed by atoms with van der Waals surface area (Å²) in [6.07, 6.45) is 1.11. The molecule has 0 radical (unpaired) electrons. The summed E-state index contributed by atoms with van der Waals surface area (Å²) >= 11 is 0. The van der Waals surface area contributed by atoms with Gasteiger partial charge in [-0.3, -0.25) is 14.9 Å². The predicted octanol–water partition coefficient (Wildman–Crippen LogP) is 2.08. The van der Waals surface area contributed by atoms with Crippen LogP contribution in [0.15, 0.2) is 24.3 Å². The lowest BCUT2D eigenvalue weighted by molar-refractivity contribution is -0.134. The van der Waals surface area contributed by atoms with Crippen LogP contribution < -0.4 is 15.0 Å². The molecule has 1 aliphatic heterocycles. The fourth-order valence-corrected chi connectivity index (χ4v) is 2.26. The lowest BCUT2D eigenvalue weighted by Crippen LogP contribution is -2.58. The number of amides is 4. The largest absolute Gasteiger partial charge is 0.494 e. The number of benzene rings is 1. The molecule has 0 aromatic heterocycles. The second kappa shape index (κ2) is 6.39. The molecule has 0 aliphatic carbocycles. The molecule has 2 rings (SSSR count). The Morgan fingerprint density at radius 2 is 1.81 bits per heavy atom. The van der Waals surface area contributed by atoms with Crippen molar-refractivity contribution >= 4 is 23.5 Å². The van der Waals surface area contributed by atoms with Gasteiger partial charge in [0.1, 0.15) is 11.7 Å². The average molecular weight is 290 g/mol. The van der Waals surface area contributed by atoms with Gasteiger partial charge in [0, 0.05) is 0 Å². The van der Waals surface area contributed by atoms with Crippen LogP contribution in [0.4, 0.5) is 10.5 Å². The minimum Gasteiger partial charge on any atom is -0.494 e. The minimum atomic E-state index is -0.806. The van der Waals surface area contributed by atoms with E-state index in [1.807, 2.05) is 13.8 Å². The molecule has 1 aromatic rings. The Bertz CT molecular complexity index is 553. The normalized spacial score (nSPS) is 18.7. The Morgan fingerprint density at radius 3 is 2.38 bits per heavy atom. The van der Waals surface area contributed by atoms with Crippen LogP contribution in [0.2, 0.25) is 0 Å². The van der Waals surface area contributed by atoms with E-state index in [9.17, 15) is 14.4 Å². The standard InChI is InChI=1S/C15H18N2O4/c1-3-5-12-13(18)16-15(20)17(14(12)19)10-6-8-11(9-7-10)21-4-2/h6-9,12H,3-5H2,1-2H3,(H,16,18,20). The van der Waals surface area contributed by atoms with Crippen LogP contribution in [0.3, 0.4) is 0 Å². The summed E-state index contributed by atoms with van der Waals surface area (Å²) in [5, 5.41) is 2.23. The van der Waals surface area contributed by atoms with Gasteiger partial charge in [0.05, 0.1) is 12.3 Å². The number of carbonyl (C=O) groups is 3. The molecule has 1 aromatic carbocycles. The van der Waals surface area contributed by atoms with Gasteiger partial charge in [-0.2, -0.15) is 0 Å². The van der Waals surface area contributed by atoms with Gasteiger partial charge in [-0.05, 0) is 37.6 Å². The topological polar surface area (TPSA) is 75.7 Å². The first-order valence-electron chi connectivity index (χ1n) is 7.00. The van der Waals surface area contributed by atoms with Crippen molar-refractivity contribution in [3.8, 4) is 5.75 Å². The second-order valence-electron chi connectivity index (χ2n) is 4.74. The molecule has 21 heavy (non-hydrogen) atoms. The SMILES string of the molecule is CCCC1C(=O)NC(=O)N(c2ccc(OCC)cc2)C1=O. The summed E-state index contributed by atoms with van der Waals surface area (Å²) in [5.41, 5.74) is 0.426. The summed E-state index contributed by atoms with van der Waals surface area (Å²) in [7, 11) is 0. The number of nitrogens with one attached hydrogen (secondary N) is 1. The number of urea groups is 1. The van der Waals surface area contributed by atoms with E-state index in [-0.39, 0.29) is 0 Å². The zero-order chi connectivity index (χ0) is 15.4. The molecule has 1 atom stereocenters. The first-order chi connectivity index (χ1) is 10.1. The van der Waals surface area contributed by atoms with E-state index >= 15 is 0 Å². The molecule has 1 N–H and O–H groups in total. The average Bonchev–Trinajstić information content (AvgIpc) is 2.45. The molecule has 0 bridgehead atoms. The van der Waals surface area contributed by atoms with Crippen molar-refractivity contribution in [2.24, 2.45) is 5.92 Å². The lowest BCUT2D eigenvalue weighted by Gasteiger charge is -2.30. The fourth-order valence-electron chi connectivity index (χ4n) is 2.26. The monoisotopic (exact) mass is 290 g/mol. The van der Waals surface area contributed by atoms with Gasteiger partial charge in [-0.15, -0.1) is 0 Å². The Balaban J connectivity index is 2.26. The smallest absolute Gasteiger partial charge is 0.335 e. The van der Waals surface area contributed by atoms with Crippen LogP contribution in [0.5, 0.6) is 5.75 Å². The van der Waals surface area contributed by atoms with Crippen LogP contribution in [0.1, 0.15) is 26.7 Å². The van der Waals surface area contributed by atoms with Crippen molar-refractivity contribution in [2.75, 3.05) is 11.5 Å². The van der Waals surface area contributed by atoms with Crippen LogP contribution >= 0.6 is 0 Å². The van der Waals surface area contributed by atoms with E-state index in [0.717, 1.165) is 4.90 Å². The molecule has 4 amide bonds. The molecular weight excluding hydrogens is 272 g/mol. The highest BCUT2D eigenvalue weighted by molar-refractivity contribution is 6.27. The number of imide groups is 2. The summed E-state index contributed by atoms with van der Waals surface area (Å²) in [6.45, 7) is 4.30. The Hall–Kier alpha value is -2.37. The number of rotatable bonds is 5. The van der Waals surface area contributed by atoms with Gasteiger partial charge in [-0.1, -0.05) is 13.3 Å². The van der Waals surface area contributed by atoms with E-state index in [4.69, 9.17) is 4.74 Å². The van der Waals surface area contributed by atoms with E-state index in [2.05, 4.69) is 5.32 Å². The third-order valence-electron chi connectivity index (χ3n) is 3.25. The third kappa shape index (κ3) is 3.04. The first-order valence-corrected chi connectivity index (χ1v) is 7.00. The van der Waals surface area contributed by atoms with Gasteiger partial charge in [-0.25, -0.2) is 9.69 Å².